The van der Waals surface area contributed by atoms with Crippen LogP contribution in [0, 0.1) is 0 Å². The van der Waals surface area contributed by atoms with E-state index in [-0.39, 0.29) is 12.0 Å². The highest BCUT2D eigenvalue weighted by atomic mass is 79.9. The zero-order chi connectivity index (χ0) is 13.4. The molecule has 0 aliphatic carbocycles. The highest BCUT2D eigenvalue weighted by molar-refractivity contribution is 9.11. The number of halogens is 1. The molecule has 0 bridgehead atoms. The fraction of sp³-hybridized carbons (Fsp3) is 0.462. The molecule has 4 nitrogen and oxygen atoms in total. The van der Waals surface area contributed by atoms with Gasteiger partial charge in [-0.3, -0.25) is 4.79 Å². The van der Waals surface area contributed by atoms with E-state index in [9.17, 15) is 4.79 Å². The molecule has 1 N–H and O–H groups in total. The van der Waals surface area contributed by atoms with E-state index in [2.05, 4.69) is 27.8 Å². The number of carbonyl (C=O) groups excluding carboxylic acids is 1. The van der Waals surface area contributed by atoms with Gasteiger partial charge < -0.3 is 14.6 Å². The molecule has 102 valence electrons. The van der Waals surface area contributed by atoms with Gasteiger partial charge in [-0.05, 0) is 34.5 Å². The van der Waals surface area contributed by atoms with Crippen LogP contribution in [0.25, 0.3) is 10.2 Å². The summed E-state index contributed by atoms with van der Waals surface area (Å²) in [5, 5.41) is 1.08. The lowest BCUT2D eigenvalue weighted by Gasteiger charge is -2.32. The Labute approximate surface area is 123 Å². The second kappa shape index (κ2) is 5.26. The summed E-state index contributed by atoms with van der Waals surface area (Å²) >= 11 is 5.05. The Kier molecular flexibility index (Phi) is 3.64. The van der Waals surface area contributed by atoms with Crippen molar-refractivity contribution in [3.63, 3.8) is 0 Å². The summed E-state index contributed by atoms with van der Waals surface area (Å²) < 4.78 is 6.67. The minimum atomic E-state index is 0.0706. The van der Waals surface area contributed by atoms with E-state index < -0.39 is 0 Å². The first kappa shape index (κ1) is 13.1. The minimum absolute atomic E-state index is 0.0706. The molecule has 1 fully saturated rings. The average molecular weight is 343 g/mol. The molecule has 0 saturated carbocycles. The topological polar surface area (TPSA) is 45.3 Å². The number of hydrogen-bond acceptors (Lipinski definition) is 3. The average Bonchev–Trinajstić information content (AvgIpc) is 2.95. The van der Waals surface area contributed by atoms with Gasteiger partial charge in [-0.2, -0.15) is 0 Å². The third-order valence-corrected chi connectivity index (χ3v) is 4.96. The van der Waals surface area contributed by atoms with Crippen LogP contribution < -0.4 is 0 Å². The maximum Gasteiger partial charge on any atom is 0.270 e. The molecule has 0 radical (unpaired) electrons. The number of fused-ring (bicyclic) bond motifs is 1. The first-order valence-electron chi connectivity index (χ1n) is 6.36. The number of H-pyrrole nitrogens is 1. The summed E-state index contributed by atoms with van der Waals surface area (Å²) in [6.45, 7) is 4.07. The van der Waals surface area contributed by atoms with Crippen LogP contribution in [0.2, 0.25) is 0 Å². The number of thiophene rings is 1. The quantitative estimate of drug-likeness (QED) is 0.910. The number of morpholine rings is 1. The molecule has 3 rings (SSSR count). The van der Waals surface area contributed by atoms with Crippen LogP contribution in [0.1, 0.15) is 23.8 Å². The molecule has 2 aromatic rings. The van der Waals surface area contributed by atoms with E-state index in [0.29, 0.717) is 25.4 Å². The molecule has 1 aliphatic heterocycles. The molecule has 2 aromatic heterocycles. The Morgan fingerprint density at radius 1 is 1.63 bits per heavy atom. The second-order valence-electron chi connectivity index (χ2n) is 4.67. The van der Waals surface area contributed by atoms with Crippen LogP contribution in [-0.2, 0) is 4.74 Å². The van der Waals surface area contributed by atoms with E-state index in [4.69, 9.17) is 4.74 Å². The lowest BCUT2D eigenvalue weighted by atomic mass is 10.2. The van der Waals surface area contributed by atoms with Crippen molar-refractivity contribution >= 4 is 43.4 Å². The highest BCUT2D eigenvalue weighted by Gasteiger charge is 2.25. The van der Waals surface area contributed by atoms with Gasteiger partial charge in [-0.25, -0.2) is 0 Å². The SMILES string of the molecule is CC[C@@H]1CN(C(=O)c2cc3cc(Br)sc3[nH]2)CCO1. The van der Waals surface area contributed by atoms with Crippen LogP contribution in [0.3, 0.4) is 0 Å². The standard InChI is InChI=1S/C13H15BrN2O2S/c1-2-9-7-16(3-4-18-9)13(17)10-5-8-6-11(14)19-12(8)15-10/h5-6,9,15H,2-4,7H2,1H3/t9-/m1/s1. The maximum absolute atomic E-state index is 12.4. The van der Waals surface area contributed by atoms with Crippen molar-refractivity contribution in [2.45, 2.75) is 19.4 Å². The van der Waals surface area contributed by atoms with Crippen LogP contribution in [-0.4, -0.2) is 41.6 Å². The largest absolute Gasteiger partial charge is 0.375 e. The Bertz CT molecular complexity index is 575. The minimum Gasteiger partial charge on any atom is -0.375 e. The number of nitrogens with one attached hydrogen (secondary N) is 1. The Morgan fingerprint density at radius 2 is 2.47 bits per heavy atom. The molecule has 0 aromatic carbocycles. The number of amides is 1. The summed E-state index contributed by atoms with van der Waals surface area (Å²) in [5.41, 5.74) is 0.672. The fourth-order valence-electron chi connectivity index (χ4n) is 2.33. The van der Waals surface area contributed by atoms with Crippen molar-refractivity contribution in [1.82, 2.24) is 9.88 Å². The highest BCUT2D eigenvalue weighted by Crippen LogP contribution is 2.30. The van der Waals surface area contributed by atoms with Gasteiger partial charge in [0.15, 0.2) is 0 Å². The third kappa shape index (κ3) is 2.57. The molecule has 1 aliphatic rings. The van der Waals surface area contributed by atoms with E-state index in [1.54, 1.807) is 11.3 Å². The summed E-state index contributed by atoms with van der Waals surface area (Å²) in [4.78, 5) is 18.6. The van der Waals surface area contributed by atoms with Crippen LogP contribution in [0.15, 0.2) is 15.9 Å². The Morgan fingerprint density at radius 3 is 3.21 bits per heavy atom. The third-order valence-electron chi connectivity index (χ3n) is 3.39. The van der Waals surface area contributed by atoms with Crippen molar-refractivity contribution in [3.8, 4) is 0 Å². The van der Waals surface area contributed by atoms with Gasteiger partial charge >= 0.3 is 0 Å². The van der Waals surface area contributed by atoms with Crippen LogP contribution in [0.4, 0.5) is 0 Å². The van der Waals surface area contributed by atoms with E-state index in [0.717, 1.165) is 20.4 Å². The summed E-state index contributed by atoms with van der Waals surface area (Å²) in [7, 11) is 0. The number of aromatic amines is 1. The molecule has 19 heavy (non-hydrogen) atoms. The first-order chi connectivity index (χ1) is 9.17. The number of nitrogens with zero attached hydrogens (tertiary/aromatic N) is 1. The predicted octanol–water partition coefficient (Wildman–Crippen LogP) is 3.24. The van der Waals surface area contributed by atoms with Gasteiger partial charge in [-0.1, -0.05) is 6.92 Å². The molecule has 1 saturated heterocycles. The zero-order valence-electron chi connectivity index (χ0n) is 10.6. The van der Waals surface area contributed by atoms with Crippen LogP contribution >= 0.6 is 27.3 Å². The van der Waals surface area contributed by atoms with Crippen LogP contribution in [0.5, 0.6) is 0 Å². The molecule has 6 heteroatoms. The van der Waals surface area contributed by atoms with Crippen molar-refractivity contribution < 1.29 is 9.53 Å². The molecule has 0 spiro atoms. The second-order valence-corrected chi connectivity index (χ2v) is 7.10. The van der Waals surface area contributed by atoms with Gasteiger partial charge in [0.1, 0.15) is 10.5 Å². The normalized spacial score (nSPS) is 20.1. The lowest BCUT2D eigenvalue weighted by molar-refractivity contribution is -0.0227. The van der Waals surface area contributed by atoms with Gasteiger partial charge in [-0.15, -0.1) is 11.3 Å². The van der Waals surface area contributed by atoms with Crippen molar-refractivity contribution in [3.05, 3.63) is 21.6 Å². The monoisotopic (exact) mass is 342 g/mol. The van der Waals surface area contributed by atoms with Gasteiger partial charge in [0, 0.05) is 18.5 Å². The number of hydrogen-bond donors (Lipinski definition) is 1. The van der Waals surface area contributed by atoms with Crippen molar-refractivity contribution in [2.75, 3.05) is 19.7 Å². The maximum atomic E-state index is 12.4. The van der Waals surface area contributed by atoms with E-state index in [1.165, 1.54) is 0 Å². The van der Waals surface area contributed by atoms with Crippen molar-refractivity contribution in [1.29, 1.82) is 0 Å². The van der Waals surface area contributed by atoms with Crippen molar-refractivity contribution in [2.24, 2.45) is 0 Å². The fourth-order valence-corrected chi connectivity index (χ4v) is 3.84. The smallest absolute Gasteiger partial charge is 0.270 e. The number of aromatic nitrogens is 1. The molecule has 3 heterocycles. The number of rotatable bonds is 2. The lowest BCUT2D eigenvalue weighted by Crippen LogP contribution is -2.45. The molecule has 1 amide bonds. The Balaban J connectivity index is 1.80. The van der Waals surface area contributed by atoms with E-state index in [1.807, 2.05) is 17.0 Å². The predicted molar refractivity (Wildman–Crippen MR) is 79.8 cm³/mol. The number of carbonyl (C=O) groups is 1. The molecule has 0 unspecified atom stereocenters. The first-order valence-corrected chi connectivity index (χ1v) is 7.97. The number of ether oxygens (including phenoxy) is 1. The van der Waals surface area contributed by atoms with E-state index >= 15 is 0 Å². The summed E-state index contributed by atoms with van der Waals surface area (Å²) in [6.07, 6.45) is 1.11. The summed E-state index contributed by atoms with van der Waals surface area (Å²) in [5.74, 6) is 0.0706. The zero-order valence-corrected chi connectivity index (χ0v) is 13.0. The Hall–Kier alpha value is -0.850. The van der Waals surface area contributed by atoms with Gasteiger partial charge in [0.25, 0.3) is 5.91 Å². The molecular formula is C13H15BrN2O2S. The molecular weight excluding hydrogens is 328 g/mol. The van der Waals surface area contributed by atoms with Gasteiger partial charge in [0.2, 0.25) is 0 Å². The van der Waals surface area contributed by atoms with Gasteiger partial charge in [0.05, 0.1) is 16.5 Å². The molecule has 1 atom stereocenters. The summed E-state index contributed by atoms with van der Waals surface area (Å²) in [6, 6.07) is 3.96.